The van der Waals surface area contributed by atoms with Gasteiger partial charge in [0.05, 0.1) is 18.1 Å². The van der Waals surface area contributed by atoms with E-state index in [1.54, 1.807) is 0 Å². The average molecular weight is 332 g/mol. The van der Waals surface area contributed by atoms with Crippen LogP contribution in [0.5, 0.6) is 0 Å². The Bertz CT molecular complexity index is 992. The molecule has 0 aliphatic rings. The van der Waals surface area contributed by atoms with Crippen molar-refractivity contribution in [2.45, 2.75) is 32.7 Å². The Morgan fingerprint density at radius 1 is 1.33 bits per heavy atom. The van der Waals surface area contributed by atoms with Crippen LogP contribution in [0, 0.1) is 11.3 Å². The molecule has 124 valence electrons. The number of fused-ring (bicyclic) bond motifs is 1. The van der Waals surface area contributed by atoms with Gasteiger partial charge in [0, 0.05) is 17.3 Å². The quantitative estimate of drug-likeness (QED) is 0.792. The molecule has 0 aliphatic carbocycles. The molecular formula is C15H14F2N6O. The highest BCUT2D eigenvalue weighted by Gasteiger charge is 2.20. The Balaban J connectivity index is 2.26. The summed E-state index contributed by atoms with van der Waals surface area (Å²) in [6.07, 6.45) is 1.64. The molecule has 0 aliphatic heterocycles. The summed E-state index contributed by atoms with van der Waals surface area (Å²) in [6.45, 7) is 3.16. The lowest BCUT2D eigenvalue weighted by atomic mass is 10.00. The smallest absolute Gasteiger partial charge is 0.278 e. The molecule has 3 aromatic heterocycles. The maximum absolute atomic E-state index is 12.7. The molecule has 3 aromatic rings. The van der Waals surface area contributed by atoms with E-state index in [1.165, 1.54) is 18.6 Å². The van der Waals surface area contributed by atoms with Gasteiger partial charge in [-0.2, -0.15) is 20.0 Å². The number of nitrogens with one attached hydrogen (secondary N) is 1. The predicted molar refractivity (Wildman–Crippen MR) is 81.8 cm³/mol. The molecule has 0 aromatic carbocycles. The molecule has 0 radical (unpaired) electrons. The molecule has 0 spiro atoms. The van der Waals surface area contributed by atoms with E-state index in [2.05, 4.69) is 15.2 Å². The Kier molecular flexibility index (Phi) is 3.89. The summed E-state index contributed by atoms with van der Waals surface area (Å²) in [5.74, 6) is -0.138. The molecule has 24 heavy (non-hydrogen) atoms. The minimum Gasteiger partial charge on any atom is -0.338 e. The Morgan fingerprint density at radius 3 is 2.71 bits per heavy atom. The number of H-pyrrole nitrogens is 1. The maximum Gasteiger partial charge on any atom is 0.278 e. The SMILES string of the molecule is CC(C)c1c(-c2cnn(CC(F)F)c2)[nH]c2c(C#N)cnn2c1=O. The van der Waals surface area contributed by atoms with E-state index in [0.29, 0.717) is 16.8 Å². The van der Waals surface area contributed by atoms with Crippen molar-refractivity contribution in [3.05, 3.63) is 40.1 Å². The molecule has 0 fully saturated rings. The van der Waals surface area contributed by atoms with Gasteiger partial charge >= 0.3 is 0 Å². The van der Waals surface area contributed by atoms with Gasteiger partial charge in [-0.15, -0.1) is 0 Å². The summed E-state index contributed by atoms with van der Waals surface area (Å²) >= 11 is 0. The molecule has 0 saturated heterocycles. The molecule has 3 rings (SSSR count). The van der Waals surface area contributed by atoms with Crippen LogP contribution in [0.3, 0.4) is 0 Å². The zero-order valence-electron chi connectivity index (χ0n) is 13.0. The largest absolute Gasteiger partial charge is 0.338 e. The second-order valence-electron chi connectivity index (χ2n) is 5.65. The Labute approximate surface area is 135 Å². The molecule has 3 heterocycles. The van der Waals surface area contributed by atoms with Gasteiger partial charge in [-0.25, -0.2) is 8.78 Å². The van der Waals surface area contributed by atoms with Crippen LogP contribution in [-0.4, -0.2) is 30.8 Å². The summed E-state index contributed by atoms with van der Waals surface area (Å²) in [6, 6.07) is 1.96. The lowest BCUT2D eigenvalue weighted by Crippen LogP contribution is -2.22. The molecule has 9 heteroatoms. The number of hydrogen-bond donors (Lipinski definition) is 1. The second kappa shape index (κ2) is 5.88. The van der Waals surface area contributed by atoms with Crippen LogP contribution in [0.15, 0.2) is 23.4 Å². The molecule has 1 N–H and O–H groups in total. The molecule has 0 saturated carbocycles. The number of aromatic nitrogens is 5. The Morgan fingerprint density at radius 2 is 2.08 bits per heavy atom. The normalized spacial score (nSPS) is 11.5. The van der Waals surface area contributed by atoms with E-state index >= 15 is 0 Å². The van der Waals surface area contributed by atoms with Crippen molar-refractivity contribution in [1.82, 2.24) is 24.4 Å². The van der Waals surface area contributed by atoms with Gasteiger partial charge in [-0.3, -0.25) is 9.48 Å². The van der Waals surface area contributed by atoms with Gasteiger partial charge in [-0.1, -0.05) is 13.8 Å². The molecular weight excluding hydrogens is 318 g/mol. The van der Waals surface area contributed by atoms with Crippen molar-refractivity contribution < 1.29 is 8.78 Å². The van der Waals surface area contributed by atoms with Gasteiger partial charge < -0.3 is 4.98 Å². The number of alkyl halides is 2. The third-order valence-corrected chi connectivity index (χ3v) is 3.65. The first kappa shape index (κ1) is 15.9. The molecule has 0 amide bonds. The molecule has 0 atom stereocenters. The average Bonchev–Trinajstić information content (AvgIpc) is 3.12. The number of aromatic amines is 1. The number of halogens is 2. The summed E-state index contributed by atoms with van der Waals surface area (Å²) < 4.78 is 27.3. The summed E-state index contributed by atoms with van der Waals surface area (Å²) in [7, 11) is 0. The lowest BCUT2D eigenvalue weighted by molar-refractivity contribution is 0.122. The topological polar surface area (TPSA) is 91.8 Å². The lowest BCUT2D eigenvalue weighted by Gasteiger charge is -2.11. The van der Waals surface area contributed by atoms with Gasteiger partial charge in [0.2, 0.25) is 0 Å². The first-order valence-electron chi connectivity index (χ1n) is 7.27. The molecule has 0 unspecified atom stereocenters. The minimum absolute atomic E-state index is 0.138. The van der Waals surface area contributed by atoms with Gasteiger partial charge in [-0.05, 0) is 5.92 Å². The zero-order valence-corrected chi connectivity index (χ0v) is 13.0. The van der Waals surface area contributed by atoms with Crippen molar-refractivity contribution in [3.8, 4) is 17.3 Å². The fraction of sp³-hybridized carbons (Fsp3) is 0.333. The number of nitrogens with zero attached hydrogens (tertiary/aromatic N) is 5. The monoisotopic (exact) mass is 332 g/mol. The Hall–Kier alpha value is -3.02. The van der Waals surface area contributed by atoms with E-state index in [1.807, 2.05) is 19.9 Å². The van der Waals surface area contributed by atoms with E-state index in [4.69, 9.17) is 5.26 Å². The third-order valence-electron chi connectivity index (χ3n) is 3.65. The number of rotatable bonds is 4. The third kappa shape index (κ3) is 2.56. The second-order valence-corrected chi connectivity index (χ2v) is 5.65. The fourth-order valence-corrected chi connectivity index (χ4v) is 2.61. The maximum atomic E-state index is 12.7. The van der Waals surface area contributed by atoms with Crippen molar-refractivity contribution in [1.29, 1.82) is 5.26 Å². The zero-order chi connectivity index (χ0) is 17.4. The highest BCUT2D eigenvalue weighted by Crippen LogP contribution is 2.25. The van der Waals surface area contributed by atoms with Gasteiger partial charge in [0.25, 0.3) is 12.0 Å². The van der Waals surface area contributed by atoms with Crippen LogP contribution in [0.25, 0.3) is 16.9 Å². The highest BCUT2D eigenvalue weighted by molar-refractivity contribution is 5.67. The van der Waals surface area contributed by atoms with Crippen molar-refractivity contribution in [2.75, 3.05) is 0 Å². The fourth-order valence-electron chi connectivity index (χ4n) is 2.61. The first-order chi connectivity index (χ1) is 11.4. The standard InChI is InChI=1S/C15H14F2N6O/c1-8(2)12-13(10-5-19-22(6-10)7-11(16)17)21-14-9(3-18)4-20-23(14)15(12)24/h4-6,8,11,21H,7H2,1-2H3. The molecule has 7 nitrogen and oxygen atoms in total. The molecule has 0 bridgehead atoms. The summed E-state index contributed by atoms with van der Waals surface area (Å²) in [5.41, 5.74) is 1.56. The summed E-state index contributed by atoms with van der Waals surface area (Å²) in [5, 5.41) is 17.0. The van der Waals surface area contributed by atoms with Gasteiger partial charge in [0.1, 0.15) is 18.2 Å². The predicted octanol–water partition coefficient (Wildman–Crippen LogP) is 2.15. The highest BCUT2D eigenvalue weighted by atomic mass is 19.3. The van der Waals surface area contributed by atoms with E-state index in [-0.39, 0.29) is 22.7 Å². The van der Waals surface area contributed by atoms with Gasteiger partial charge in [0.15, 0.2) is 5.65 Å². The van der Waals surface area contributed by atoms with E-state index in [9.17, 15) is 13.6 Å². The number of nitriles is 1. The van der Waals surface area contributed by atoms with Crippen LogP contribution < -0.4 is 5.56 Å². The van der Waals surface area contributed by atoms with E-state index < -0.39 is 13.0 Å². The van der Waals surface area contributed by atoms with Crippen molar-refractivity contribution in [2.24, 2.45) is 0 Å². The van der Waals surface area contributed by atoms with Crippen LogP contribution in [0.4, 0.5) is 8.78 Å². The van der Waals surface area contributed by atoms with Crippen LogP contribution in [0.1, 0.15) is 30.9 Å². The van der Waals surface area contributed by atoms with Crippen molar-refractivity contribution >= 4 is 5.65 Å². The van der Waals surface area contributed by atoms with Crippen LogP contribution in [0.2, 0.25) is 0 Å². The van der Waals surface area contributed by atoms with Crippen molar-refractivity contribution in [3.63, 3.8) is 0 Å². The first-order valence-corrected chi connectivity index (χ1v) is 7.27. The number of hydrogen-bond acceptors (Lipinski definition) is 4. The van der Waals surface area contributed by atoms with Crippen LogP contribution in [-0.2, 0) is 6.54 Å². The minimum atomic E-state index is -2.52. The van der Waals surface area contributed by atoms with E-state index in [0.717, 1.165) is 9.20 Å². The summed E-state index contributed by atoms with van der Waals surface area (Å²) in [4.78, 5) is 15.7. The van der Waals surface area contributed by atoms with Crippen LogP contribution >= 0.6 is 0 Å².